The molecule has 0 atom stereocenters. The topological polar surface area (TPSA) is 108 Å². The Morgan fingerprint density at radius 3 is 2.96 bits per heavy atom. The predicted octanol–water partition coefficient (Wildman–Crippen LogP) is 2.62. The number of nitrogens with one attached hydrogen (secondary N) is 1. The highest BCUT2D eigenvalue weighted by atomic mass is 16.2. The van der Waals surface area contributed by atoms with Crippen LogP contribution in [-0.4, -0.2) is 22.4 Å². The summed E-state index contributed by atoms with van der Waals surface area (Å²) in [5.74, 6) is 1.49. The van der Waals surface area contributed by atoms with Crippen molar-refractivity contribution in [3.05, 3.63) is 41.2 Å². The molecule has 2 aromatic rings. The summed E-state index contributed by atoms with van der Waals surface area (Å²) in [5.41, 5.74) is 8.07. The van der Waals surface area contributed by atoms with Crippen molar-refractivity contribution in [1.82, 2.24) is 9.97 Å². The molecule has 26 heavy (non-hydrogen) atoms. The first-order chi connectivity index (χ1) is 12.6. The number of nitrogens with zero attached hydrogens (tertiary/aromatic N) is 4. The van der Waals surface area contributed by atoms with Crippen LogP contribution in [0.2, 0.25) is 0 Å². The van der Waals surface area contributed by atoms with Gasteiger partial charge < -0.3 is 16.0 Å². The lowest BCUT2D eigenvalue weighted by molar-refractivity contribution is -0.115. The van der Waals surface area contributed by atoms with E-state index in [1.165, 1.54) is 0 Å². The second kappa shape index (κ2) is 7.83. The Bertz CT molecular complexity index is 858. The van der Waals surface area contributed by atoms with Crippen molar-refractivity contribution < 1.29 is 4.79 Å². The lowest BCUT2D eigenvalue weighted by atomic mass is 10.1. The third kappa shape index (κ3) is 3.91. The molecule has 3 N–H and O–H groups in total. The fourth-order valence-electron chi connectivity index (χ4n) is 3.02. The van der Waals surface area contributed by atoms with E-state index in [1.54, 1.807) is 6.07 Å². The number of aryl methyl sites for hydroxylation is 1. The number of rotatable bonds is 6. The van der Waals surface area contributed by atoms with Crippen molar-refractivity contribution in [1.29, 1.82) is 5.26 Å². The quantitative estimate of drug-likeness (QED) is 0.775. The zero-order valence-corrected chi connectivity index (χ0v) is 14.8. The number of aromatic nitrogens is 2. The van der Waals surface area contributed by atoms with Gasteiger partial charge in [-0.1, -0.05) is 31.9 Å². The van der Waals surface area contributed by atoms with Gasteiger partial charge in [0.05, 0.1) is 18.2 Å². The van der Waals surface area contributed by atoms with Crippen LogP contribution in [-0.2, 0) is 17.8 Å². The van der Waals surface area contributed by atoms with E-state index < -0.39 is 0 Å². The molecule has 1 amide bonds. The third-order valence-corrected chi connectivity index (χ3v) is 4.30. The van der Waals surface area contributed by atoms with Gasteiger partial charge in [0, 0.05) is 13.0 Å². The molecule has 0 saturated heterocycles. The summed E-state index contributed by atoms with van der Waals surface area (Å²) < 4.78 is 0. The number of nitrogens with two attached hydrogens (primary N) is 1. The maximum Gasteiger partial charge on any atom is 0.244 e. The van der Waals surface area contributed by atoms with Crippen molar-refractivity contribution in [2.24, 2.45) is 0 Å². The van der Waals surface area contributed by atoms with Crippen molar-refractivity contribution in [2.75, 3.05) is 22.5 Å². The molecular formula is C19H22N6O. The van der Waals surface area contributed by atoms with Crippen LogP contribution < -0.4 is 16.0 Å². The second-order valence-electron chi connectivity index (χ2n) is 6.40. The maximum absolute atomic E-state index is 12.1. The Balaban J connectivity index is 1.90. The van der Waals surface area contributed by atoms with Crippen LogP contribution in [0.15, 0.2) is 24.3 Å². The summed E-state index contributed by atoms with van der Waals surface area (Å²) in [6, 6.07) is 9.48. The minimum atomic E-state index is -0.150. The first-order valence-corrected chi connectivity index (χ1v) is 8.81. The summed E-state index contributed by atoms with van der Waals surface area (Å²) in [7, 11) is 0. The summed E-state index contributed by atoms with van der Waals surface area (Å²) in [4.78, 5) is 23.0. The normalized spacial score (nSPS) is 13.1. The molecular weight excluding hydrogens is 328 g/mol. The molecule has 1 aromatic heterocycles. The van der Waals surface area contributed by atoms with Gasteiger partial charge in [-0.25, -0.2) is 9.97 Å². The smallest absolute Gasteiger partial charge is 0.244 e. The Kier molecular flexibility index (Phi) is 5.32. The van der Waals surface area contributed by atoms with Gasteiger partial charge in [-0.3, -0.25) is 4.79 Å². The van der Waals surface area contributed by atoms with Crippen LogP contribution in [0.1, 0.15) is 43.1 Å². The number of carbonyl (C=O) groups is 1. The number of nitriles is 1. The average Bonchev–Trinajstić information content (AvgIpc) is 2.63. The molecule has 7 nitrogen and oxygen atoms in total. The van der Waals surface area contributed by atoms with Gasteiger partial charge in [0.1, 0.15) is 11.5 Å². The van der Waals surface area contributed by atoms with Crippen LogP contribution in [0.4, 0.5) is 17.3 Å². The van der Waals surface area contributed by atoms with Crippen LogP contribution >= 0.6 is 0 Å². The number of anilines is 3. The molecule has 0 fully saturated rings. The van der Waals surface area contributed by atoms with Crippen molar-refractivity contribution >= 4 is 23.2 Å². The SMILES string of the molecule is CCCCCc1nc(N)c2c(n1)N(Cc1cccc(C#N)c1)CC(=O)N2. The zero-order chi connectivity index (χ0) is 18.5. The predicted molar refractivity (Wildman–Crippen MR) is 101 cm³/mol. The number of fused-ring (bicyclic) bond motifs is 1. The van der Waals surface area contributed by atoms with Crippen LogP contribution in [0.3, 0.4) is 0 Å². The Morgan fingerprint density at radius 2 is 2.19 bits per heavy atom. The Morgan fingerprint density at radius 1 is 1.35 bits per heavy atom. The Hall–Kier alpha value is -3.14. The largest absolute Gasteiger partial charge is 0.382 e. The van der Waals surface area contributed by atoms with Crippen molar-refractivity contribution in [3.63, 3.8) is 0 Å². The Labute approximate surface area is 152 Å². The summed E-state index contributed by atoms with van der Waals surface area (Å²) in [6.45, 7) is 2.81. The van der Waals surface area contributed by atoms with Crippen molar-refractivity contribution in [2.45, 2.75) is 39.2 Å². The van der Waals surface area contributed by atoms with Gasteiger partial charge >= 0.3 is 0 Å². The van der Waals surface area contributed by atoms with Crippen molar-refractivity contribution in [3.8, 4) is 6.07 Å². The monoisotopic (exact) mass is 350 g/mol. The number of unbranched alkanes of at least 4 members (excludes halogenated alkanes) is 2. The highest BCUT2D eigenvalue weighted by Gasteiger charge is 2.27. The van der Waals surface area contributed by atoms with Crippen LogP contribution in [0.5, 0.6) is 0 Å². The molecule has 0 unspecified atom stereocenters. The molecule has 0 saturated carbocycles. The first kappa shape index (κ1) is 17.7. The van der Waals surface area contributed by atoms with E-state index in [-0.39, 0.29) is 12.5 Å². The molecule has 0 spiro atoms. The minimum Gasteiger partial charge on any atom is -0.382 e. The van der Waals surface area contributed by atoms with E-state index in [0.29, 0.717) is 35.3 Å². The number of hydrogen-bond donors (Lipinski definition) is 2. The van der Waals surface area contributed by atoms with E-state index in [4.69, 9.17) is 11.0 Å². The number of amides is 1. The van der Waals surface area contributed by atoms with E-state index in [0.717, 1.165) is 31.2 Å². The van der Waals surface area contributed by atoms with Gasteiger partial charge in [-0.05, 0) is 24.1 Å². The highest BCUT2D eigenvalue weighted by molar-refractivity contribution is 6.02. The molecule has 0 radical (unpaired) electrons. The van der Waals surface area contributed by atoms with Crippen LogP contribution in [0, 0.1) is 11.3 Å². The molecule has 1 aromatic carbocycles. The molecule has 1 aliphatic rings. The lowest BCUT2D eigenvalue weighted by Crippen LogP contribution is -2.39. The standard InChI is InChI=1S/C19H22N6O/c1-2-3-4-8-15-22-18(21)17-19(23-15)25(12-16(26)24-17)11-14-7-5-6-13(9-14)10-20/h5-7,9H,2-4,8,11-12H2,1H3,(H,24,26)(H2,21,22,23). The average molecular weight is 350 g/mol. The molecule has 1 aliphatic heterocycles. The van der Waals surface area contributed by atoms with Crippen LogP contribution in [0.25, 0.3) is 0 Å². The summed E-state index contributed by atoms with van der Waals surface area (Å²) in [5, 5.41) is 11.9. The van der Waals surface area contributed by atoms with E-state index in [1.807, 2.05) is 23.1 Å². The summed E-state index contributed by atoms with van der Waals surface area (Å²) in [6.07, 6.45) is 4.00. The first-order valence-electron chi connectivity index (χ1n) is 8.81. The molecule has 2 heterocycles. The van der Waals surface area contributed by atoms with Gasteiger partial charge in [0.15, 0.2) is 11.6 Å². The van der Waals surface area contributed by atoms with E-state index in [2.05, 4.69) is 28.3 Å². The summed E-state index contributed by atoms with van der Waals surface area (Å²) >= 11 is 0. The van der Waals surface area contributed by atoms with Gasteiger partial charge in [0.2, 0.25) is 5.91 Å². The zero-order valence-electron chi connectivity index (χ0n) is 14.8. The molecule has 134 valence electrons. The van der Waals surface area contributed by atoms with Gasteiger partial charge in [0.25, 0.3) is 0 Å². The van der Waals surface area contributed by atoms with Gasteiger partial charge in [-0.15, -0.1) is 0 Å². The molecule has 0 aliphatic carbocycles. The van der Waals surface area contributed by atoms with E-state index in [9.17, 15) is 4.79 Å². The second-order valence-corrected chi connectivity index (χ2v) is 6.40. The molecule has 3 rings (SSSR count). The number of hydrogen-bond acceptors (Lipinski definition) is 6. The molecule has 0 bridgehead atoms. The lowest BCUT2D eigenvalue weighted by Gasteiger charge is -2.30. The number of benzene rings is 1. The van der Waals surface area contributed by atoms with Gasteiger partial charge in [-0.2, -0.15) is 5.26 Å². The number of carbonyl (C=O) groups excluding carboxylic acids is 1. The van der Waals surface area contributed by atoms with E-state index >= 15 is 0 Å². The molecule has 7 heteroatoms. The fraction of sp³-hybridized carbons (Fsp3) is 0.368. The maximum atomic E-state index is 12.1. The highest BCUT2D eigenvalue weighted by Crippen LogP contribution is 2.33. The fourth-order valence-corrected chi connectivity index (χ4v) is 3.02. The third-order valence-electron chi connectivity index (χ3n) is 4.30. The minimum absolute atomic E-state index is 0.150. The number of nitrogen functional groups attached to an aromatic ring is 1.